The smallest absolute Gasteiger partial charge is 0.328 e. The number of aromatic nitrogens is 3. The van der Waals surface area contributed by atoms with Crippen molar-refractivity contribution in [2.75, 3.05) is 0 Å². The van der Waals surface area contributed by atoms with E-state index in [1.807, 2.05) is 11.5 Å². The van der Waals surface area contributed by atoms with Gasteiger partial charge in [0.05, 0.1) is 13.1 Å². The van der Waals surface area contributed by atoms with Crippen molar-refractivity contribution >= 4 is 11.9 Å². The number of carbonyl (C=O) groups is 2. The molecule has 2 aliphatic carbocycles. The third kappa shape index (κ3) is 2.93. The van der Waals surface area contributed by atoms with E-state index in [0.29, 0.717) is 17.6 Å². The van der Waals surface area contributed by atoms with Crippen LogP contribution in [0.25, 0.3) is 0 Å². The molecule has 2 heterocycles. The quantitative estimate of drug-likeness (QED) is 0.885. The van der Waals surface area contributed by atoms with Crippen LogP contribution in [0.5, 0.6) is 0 Å². The van der Waals surface area contributed by atoms with Crippen LogP contribution >= 0.6 is 0 Å². The lowest BCUT2D eigenvalue weighted by molar-refractivity contribution is -0.156. The van der Waals surface area contributed by atoms with Crippen molar-refractivity contribution in [3.05, 3.63) is 11.6 Å². The molecule has 1 aromatic heterocycles. The summed E-state index contributed by atoms with van der Waals surface area (Å²) in [6, 6.07) is -0.821. The molecule has 25 heavy (non-hydrogen) atoms. The highest BCUT2D eigenvalue weighted by Crippen LogP contribution is 2.43. The molecule has 1 N–H and O–H groups in total. The standard InChI is InChI=1S/C18H26N4O3/c1-11-19-20-16-10-22(15(18(24)25)9-21(11)16)17(23)14-7-6-12-4-2-3-5-13(12)8-14/h12-15H,2-10H2,1H3,(H,24,25). The van der Waals surface area contributed by atoms with Gasteiger partial charge in [-0.05, 0) is 38.0 Å². The number of hydrogen-bond acceptors (Lipinski definition) is 4. The Morgan fingerprint density at radius 3 is 2.60 bits per heavy atom. The monoisotopic (exact) mass is 346 g/mol. The van der Waals surface area contributed by atoms with E-state index in [9.17, 15) is 14.7 Å². The van der Waals surface area contributed by atoms with E-state index in [1.54, 1.807) is 4.90 Å². The molecule has 1 aromatic rings. The second-order valence-corrected chi connectivity index (χ2v) is 7.91. The highest BCUT2D eigenvalue weighted by atomic mass is 16.4. The maximum atomic E-state index is 13.2. The summed E-state index contributed by atoms with van der Waals surface area (Å²) in [7, 11) is 0. The third-order valence-electron chi connectivity index (χ3n) is 6.51. The van der Waals surface area contributed by atoms with E-state index in [4.69, 9.17) is 0 Å². The topological polar surface area (TPSA) is 88.3 Å². The van der Waals surface area contributed by atoms with Crippen LogP contribution in [-0.4, -0.2) is 42.7 Å². The lowest BCUT2D eigenvalue weighted by Gasteiger charge is -2.41. The van der Waals surface area contributed by atoms with E-state index >= 15 is 0 Å². The highest BCUT2D eigenvalue weighted by Gasteiger charge is 2.42. The molecular weight excluding hydrogens is 320 g/mol. The Hall–Kier alpha value is -1.92. The van der Waals surface area contributed by atoms with Crippen molar-refractivity contribution in [2.24, 2.45) is 17.8 Å². The van der Waals surface area contributed by atoms with Crippen LogP contribution in [0.3, 0.4) is 0 Å². The number of carbonyl (C=O) groups excluding carboxylic acids is 1. The van der Waals surface area contributed by atoms with Crippen LogP contribution in [0, 0.1) is 24.7 Å². The molecule has 7 nitrogen and oxygen atoms in total. The first-order chi connectivity index (χ1) is 12.0. The summed E-state index contributed by atoms with van der Waals surface area (Å²) < 4.78 is 1.82. The number of carboxylic acid groups (broad SMARTS) is 1. The maximum Gasteiger partial charge on any atom is 0.328 e. The van der Waals surface area contributed by atoms with Gasteiger partial charge in [-0.25, -0.2) is 4.79 Å². The molecule has 0 radical (unpaired) electrons. The molecule has 3 aliphatic rings. The minimum atomic E-state index is -0.946. The Labute approximate surface area is 147 Å². The summed E-state index contributed by atoms with van der Waals surface area (Å²) in [6.07, 6.45) is 8.06. The van der Waals surface area contributed by atoms with E-state index in [0.717, 1.165) is 25.2 Å². The fourth-order valence-electron chi connectivity index (χ4n) is 5.09. The SMILES string of the molecule is Cc1nnc2n1CC(C(=O)O)N(C(=O)C1CCC3CCCCC3C1)C2. The molecular formula is C18H26N4O3. The predicted octanol–water partition coefficient (Wildman–Crippen LogP) is 1.99. The third-order valence-corrected chi connectivity index (χ3v) is 6.51. The molecule has 4 unspecified atom stereocenters. The van der Waals surface area contributed by atoms with Gasteiger partial charge >= 0.3 is 5.97 Å². The van der Waals surface area contributed by atoms with Crippen LogP contribution in [0.2, 0.25) is 0 Å². The normalized spacial score (nSPS) is 32.0. The molecule has 1 amide bonds. The molecule has 4 rings (SSSR count). The van der Waals surface area contributed by atoms with E-state index in [-0.39, 0.29) is 24.9 Å². The molecule has 0 saturated heterocycles. The largest absolute Gasteiger partial charge is 0.480 e. The van der Waals surface area contributed by atoms with Gasteiger partial charge in [0.15, 0.2) is 5.82 Å². The molecule has 0 bridgehead atoms. The lowest BCUT2D eigenvalue weighted by atomic mass is 9.67. The maximum absolute atomic E-state index is 13.2. The molecule has 4 atom stereocenters. The van der Waals surface area contributed by atoms with Gasteiger partial charge in [0.1, 0.15) is 11.9 Å². The number of aliphatic carboxylic acids is 1. The number of hydrogen-bond donors (Lipinski definition) is 1. The van der Waals surface area contributed by atoms with Crippen LogP contribution < -0.4 is 0 Å². The van der Waals surface area contributed by atoms with Gasteiger partial charge in [-0.1, -0.05) is 25.7 Å². The van der Waals surface area contributed by atoms with Gasteiger partial charge in [-0.3, -0.25) is 4.79 Å². The molecule has 7 heteroatoms. The Balaban J connectivity index is 1.53. The molecule has 2 fully saturated rings. The zero-order chi connectivity index (χ0) is 17.6. The minimum absolute atomic E-state index is 0.00308. The summed E-state index contributed by atoms with van der Waals surface area (Å²) in [5.74, 6) is 1.85. The van der Waals surface area contributed by atoms with Crippen molar-refractivity contribution in [1.29, 1.82) is 0 Å². The zero-order valence-electron chi connectivity index (χ0n) is 14.7. The van der Waals surface area contributed by atoms with E-state index in [1.165, 1.54) is 25.7 Å². The average Bonchev–Trinajstić information content (AvgIpc) is 3.00. The summed E-state index contributed by atoms with van der Waals surface area (Å²) >= 11 is 0. The van der Waals surface area contributed by atoms with Gasteiger partial charge in [-0.2, -0.15) is 0 Å². The second-order valence-electron chi connectivity index (χ2n) is 7.91. The lowest BCUT2D eigenvalue weighted by Crippen LogP contribution is -2.53. The Kier molecular flexibility index (Phi) is 4.25. The van der Waals surface area contributed by atoms with Gasteiger partial charge in [-0.15, -0.1) is 10.2 Å². The van der Waals surface area contributed by atoms with Gasteiger partial charge in [0.2, 0.25) is 5.91 Å². The first-order valence-electron chi connectivity index (χ1n) is 9.46. The minimum Gasteiger partial charge on any atom is -0.480 e. The van der Waals surface area contributed by atoms with Crippen LogP contribution in [-0.2, 0) is 22.7 Å². The Morgan fingerprint density at radius 2 is 1.84 bits per heavy atom. The van der Waals surface area contributed by atoms with Gasteiger partial charge in [0.25, 0.3) is 0 Å². The summed E-state index contributed by atoms with van der Waals surface area (Å²) in [6.45, 7) is 2.31. The van der Waals surface area contributed by atoms with Crippen molar-refractivity contribution in [3.8, 4) is 0 Å². The van der Waals surface area contributed by atoms with Crippen molar-refractivity contribution in [2.45, 2.75) is 71.0 Å². The van der Waals surface area contributed by atoms with Crippen LogP contribution in [0.1, 0.15) is 56.6 Å². The van der Waals surface area contributed by atoms with E-state index in [2.05, 4.69) is 10.2 Å². The average molecular weight is 346 g/mol. The first-order valence-corrected chi connectivity index (χ1v) is 9.46. The van der Waals surface area contributed by atoms with E-state index < -0.39 is 12.0 Å². The molecule has 0 spiro atoms. The van der Waals surface area contributed by atoms with Crippen molar-refractivity contribution in [3.63, 3.8) is 0 Å². The van der Waals surface area contributed by atoms with Gasteiger partial charge < -0.3 is 14.6 Å². The predicted molar refractivity (Wildman–Crippen MR) is 89.5 cm³/mol. The number of carboxylic acids is 1. The number of amides is 1. The number of aryl methyl sites for hydroxylation is 1. The number of nitrogens with zero attached hydrogens (tertiary/aromatic N) is 4. The van der Waals surface area contributed by atoms with Crippen LogP contribution in [0.15, 0.2) is 0 Å². The molecule has 2 saturated carbocycles. The fraction of sp³-hybridized carbons (Fsp3) is 0.778. The Bertz CT molecular complexity index is 686. The van der Waals surface area contributed by atoms with Crippen molar-refractivity contribution in [1.82, 2.24) is 19.7 Å². The first kappa shape index (κ1) is 16.5. The fourth-order valence-corrected chi connectivity index (χ4v) is 5.09. The van der Waals surface area contributed by atoms with Crippen molar-refractivity contribution < 1.29 is 14.7 Å². The Morgan fingerprint density at radius 1 is 1.08 bits per heavy atom. The molecule has 0 aromatic carbocycles. The zero-order valence-corrected chi connectivity index (χ0v) is 14.7. The second kappa shape index (κ2) is 6.42. The van der Waals surface area contributed by atoms with Crippen LogP contribution in [0.4, 0.5) is 0 Å². The summed E-state index contributed by atoms with van der Waals surface area (Å²) in [5.41, 5.74) is 0. The number of fused-ring (bicyclic) bond motifs is 2. The summed E-state index contributed by atoms with van der Waals surface area (Å²) in [5, 5.41) is 17.8. The highest BCUT2D eigenvalue weighted by molar-refractivity contribution is 5.85. The van der Waals surface area contributed by atoms with Gasteiger partial charge in [0, 0.05) is 5.92 Å². The molecule has 1 aliphatic heterocycles. The summed E-state index contributed by atoms with van der Waals surface area (Å²) in [4.78, 5) is 26.5. The number of rotatable bonds is 2. The molecule has 136 valence electrons.